The van der Waals surface area contributed by atoms with Gasteiger partial charge in [-0.2, -0.15) is 0 Å². The van der Waals surface area contributed by atoms with Crippen LogP contribution in [-0.4, -0.2) is 11.1 Å². The first-order valence-electron chi connectivity index (χ1n) is 6.80. The Morgan fingerprint density at radius 2 is 2.00 bits per heavy atom. The molecular weight excluding hydrogens is 210 g/mol. The van der Waals surface area contributed by atoms with Gasteiger partial charge in [0, 0.05) is 17.3 Å². The summed E-state index contributed by atoms with van der Waals surface area (Å²) in [6, 6.07) is 8.67. The third-order valence-electron chi connectivity index (χ3n) is 3.96. The predicted molar refractivity (Wildman–Crippen MR) is 72.0 cm³/mol. The maximum Gasteiger partial charge on any atom is 0.0701 e. The molecule has 0 radical (unpaired) electrons. The van der Waals surface area contributed by atoms with Crippen LogP contribution < -0.4 is 5.32 Å². The monoisotopic (exact) mass is 233 g/mol. The van der Waals surface area contributed by atoms with Gasteiger partial charge in [0.2, 0.25) is 0 Å². The normalized spacial score (nSPS) is 24.6. The minimum atomic E-state index is 0.118. The van der Waals surface area contributed by atoms with Crippen molar-refractivity contribution in [3.8, 4) is 0 Å². The zero-order chi connectivity index (χ0) is 12.1. The number of aliphatic hydroxyl groups is 1. The van der Waals surface area contributed by atoms with Gasteiger partial charge in [0.15, 0.2) is 0 Å². The number of hydrogen-bond donors (Lipinski definition) is 2. The average Bonchev–Trinajstić information content (AvgIpc) is 2.40. The molecule has 2 rings (SSSR count). The summed E-state index contributed by atoms with van der Waals surface area (Å²) in [5.74, 6) is 0.787. The molecule has 2 N–H and O–H groups in total. The van der Waals surface area contributed by atoms with Crippen LogP contribution in [0.1, 0.15) is 44.6 Å². The molecule has 1 aromatic rings. The van der Waals surface area contributed by atoms with Crippen LogP contribution in [-0.2, 0) is 6.61 Å². The molecule has 2 unspecified atom stereocenters. The van der Waals surface area contributed by atoms with E-state index < -0.39 is 0 Å². The molecule has 0 aliphatic heterocycles. The molecular formula is C15H23NO. The standard InChI is InChI=1S/C15H23NO/c1-2-12-7-3-5-9-14(12)16-15-10-6-4-8-13(15)11-17/h4,6,8,10,12,14,16-17H,2-3,5,7,9,11H2,1H3. The Hall–Kier alpha value is -1.02. The maximum atomic E-state index is 9.33. The number of rotatable bonds is 4. The fourth-order valence-electron chi connectivity index (χ4n) is 2.89. The van der Waals surface area contributed by atoms with E-state index in [0.717, 1.165) is 17.2 Å². The molecule has 2 heteroatoms. The highest BCUT2D eigenvalue weighted by atomic mass is 16.3. The molecule has 1 fully saturated rings. The van der Waals surface area contributed by atoms with Crippen molar-refractivity contribution in [2.75, 3.05) is 5.32 Å². The quantitative estimate of drug-likeness (QED) is 0.833. The van der Waals surface area contributed by atoms with Crippen molar-refractivity contribution in [3.05, 3.63) is 29.8 Å². The summed E-state index contributed by atoms with van der Waals surface area (Å²) >= 11 is 0. The highest BCUT2D eigenvalue weighted by Crippen LogP contribution is 2.30. The first-order valence-corrected chi connectivity index (χ1v) is 6.80. The first-order chi connectivity index (χ1) is 8.35. The molecule has 0 spiro atoms. The zero-order valence-corrected chi connectivity index (χ0v) is 10.7. The fraction of sp³-hybridized carbons (Fsp3) is 0.600. The van der Waals surface area contributed by atoms with E-state index in [1.54, 1.807) is 0 Å². The smallest absolute Gasteiger partial charge is 0.0701 e. The molecule has 0 bridgehead atoms. The van der Waals surface area contributed by atoms with Crippen molar-refractivity contribution in [2.45, 2.75) is 51.7 Å². The van der Waals surface area contributed by atoms with Crippen LogP contribution in [0.2, 0.25) is 0 Å². The van der Waals surface area contributed by atoms with Gasteiger partial charge in [0.25, 0.3) is 0 Å². The maximum absolute atomic E-state index is 9.33. The van der Waals surface area contributed by atoms with Crippen LogP contribution >= 0.6 is 0 Å². The molecule has 1 aliphatic rings. The second kappa shape index (κ2) is 6.06. The minimum Gasteiger partial charge on any atom is -0.392 e. The predicted octanol–water partition coefficient (Wildman–Crippen LogP) is 3.56. The van der Waals surface area contributed by atoms with Crippen LogP contribution in [0.25, 0.3) is 0 Å². The van der Waals surface area contributed by atoms with Gasteiger partial charge in [-0.15, -0.1) is 0 Å². The van der Waals surface area contributed by atoms with Gasteiger partial charge in [-0.05, 0) is 24.8 Å². The molecule has 0 saturated heterocycles. The third kappa shape index (κ3) is 3.01. The van der Waals surface area contributed by atoms with E-state index in [4.69, 9.17) is 0 Å². The van der Waals surface area contributed by atoms with E-state index >= 15 is 0 Å². The lowest BCUT2D eigenvalue weighted by Crippen LogP contribution is -2.32. The molecule has 1 aromatic carbocycles. The summed E-state index contributed by atoms with van der Waals surface area (Å²) in [6.45, 7) is 2.40. The third-order valence-corrected chi connectivity index (χ3v) is 3.96. The molecule has 0 amide bonds. The SMILES string of the molecule is CCC1CCCCC1Nc1ccccc1CO. The second-order valence-electron chi connectivity index (χ2n) is 5.02. The first kappa shape index (κ1) is 12.4. The highest BCUT2D eigenvalue weighted by molar-refractivity contribution is 5.51. The Bertz CT molecular complexity index is 351. The minimum absolute atomic E-state index is 0.118. The van der Waals surface area contributed by atoms with E-state index in [1.807, 2.05) is 18.2 Å². The van der Waals surface area contributed by atoms with E-state index in [-0.39, 0.29) is 6.61 Å². The molecule has 0 aromatic heterocycles. The number of hydrogen-bond acceptors (Lipinski definition) is 2. The summed E-state index contributed by atoms with van der Waals surface area (Å²) in [5, 5.41) is 13.0. The lowest BCUT2D eigenvalue weighted by atomic mass is 9.82. The summed E-state index contributed by atoms with van der Waals surface area (Å²) in [4.78, 5) is 0. The van der Waals surface area contributed by atoms with Gasteiger partial charge in [-0.1, -0.05) is 44.4 Å². The number of benzene rings is 1. The largest absolute Gasteiger partial charge is 0.392 e. The van der Waals surface area contributed by atoms with Crippen molar-refractivity contribution in [1.82, 2.24) is 0 Å². The Kier molecular flexibility index (Phi) is 4.43. The van der Waals surface area contributed by atoms with Gasteiger partial charge >= 0.3 is 0 Å². The van der Waals surface area contributed by atoms with Crippen LogP contribution in [0, 0.1) is 5.92 Å². The molecule has 1 saturated carbocycles. The van der Waals surface area contributed by atoms with Crippen LogP contribution in [0.5, 0.6) is 0 Å². The number of aliphatic hydroxyl groups excluding tert-OH is 1. The molecule has 94 valence electrons. The van der Waals surface area contributed by atoms with Gasteiger partial charge in [-0.3, -0.25) is 0 Å². The van der Waals surface area contributed by atoms with Crippen LogP contribution in [0.3, 0.4) is 0 Å². The molecule has 0 heterocycles. The molecule has 1 aliphatic carbocycles. The second-order valence-corrected chi connectivity index (χ2v) is 5.02. The number of para-hydroxylation sites is 1. The van der Waals surface area contributed by atoms with Gasteiger partial charge in [0.05, 0.1) is 6.61 Å². The lowest BCUT2D eigenvalue weighted by molar-refractivity contribution is 0.281. The zero-order valence-electron chi connectivity index (χ0n) is 10.7. The Morgan fingerprint density at radius 3 is 2.76 bits per heavy atom. The van der Waals surface area contributed by atoms with Crippen molar-refractivity contribution >= 4 is 5.69 Å². The Labute approximate surface area is 104 Å². The van der Waals surface area contributed by atoms with Crippen molar-refractivity contribution in [2.24, 2.45) is 5.92 Å². The summed E-state index contributed by atoms with van der Waals surface area (Å²) in [7, 11) is 0. The fourth-order valence-corrected chi connectivity index (χ4v) is 2.89. The van der Waals surface area contributed by atoms with Crippen LogP contribution in [0.4, 0.5) is 5.69 Å². The molecule has 2 atom stereocenters. The summed E-state index contributed by atoms with van der Waals surface area (Å²) < 4.78 is 0. The van der Waals surface area contributed by atoms with Crippen molar-refractivity contribution < 1.29 is 5.11 Å². The van der Waals surface area contributed by atoms with E-state index in [1.165, 1.54) is 32.1 Å². The Morgan fingerprint density at radius 1 is 1.24 bits per heavy atom. The topological polar surface area (TPSA) is 32.3 Å². The van der Waals surface area contributed by atoms with Gasteiger partial charge in [-0.25, -0.2) is 0 Å². The van der Waals surface area contributed by atoms with Crippen LogP contribution in [0.15, 0.2) is 24.3 Å². The molecule has 17 heavy (non-hydrogen) atoms. The number of anilines is 1. The summed E-state index contributed by atoms with van der Waals surface area (Å²) in [6.07, 6.45) is 6.56. The molecule has 2 nitrogen and oxygen atoms in total. The van der Waals surface area contributed by atoms with Gasteiger partial charge in [0.1, 0.15) is 0 Å². The lowest BCUT2D eigenvalue weighted by Gasteiger charge is -2.32. The average molecular weight is 233 g/mol. The number of nitrogens with one attached hydrogen (secondary N) is 1. The van der Waals surface area contributed by atoms with E-state index in [2.05, 4.69) is 18.3 Å². The van der Waals surface area contributed by atoms with E-state index in [9.17, 15) is 5.11 Å². The van der Waals surface area contributed by atoms with Crippen molar-refractivity contribution in [1.29, 1.82) is 0 Å². The van der Waals surface area contributed by atoms with Gasteiger partial charge < -0.3 is 10.4 Å². The van der Waals surface area contributed by atoms with Crippen molar-refractivity contribution in [3.63, 3.8) is 0 Å². The Balaban J connectivity index is 2.08. The highest BCUT2D eigenvalue weighted by Gasteiger charge is 2.23. The van der Waals surface area contributed by atoms with E-state index in [0.29, 0.717) is 6.04 Å². The summed E-state index contributed by atoms with van der Waals surface area (Å²) in [5.41, 5.74) is 2.12.